The van der Waals surface area contributed by atoms with Crippen molar-refractivity contribution in [3.05, 3.63) is 70.0 Å². The normalized spacial score (nSPS) is 10.6. The van der Waals surface area contributed by atoms with Crippen LogP contribution in [0.1, 0.15) is 18.1 Å². The lowest BCUT2D eigenvalue weighted by Crippen LogP contribution is -2.27. The monoisotopic (exact) mass is 366 g/mol. The summed E-state index contributed by atoms with van der Waals surface area (Å²) in [5, 5.41) is 3.68. The van der Waals surface area contributed by atoms with Gasteiger partial charge in [0.25, 0.3) is 5.56 Å². The number of H-pyrrole nitrogens is 1. The van der Waals surface area contributed by atoms with Crippen LogP contribution in [0.25, 0.3) is 10.9 Å². The molecular weight excluding hydrogens is 344 g/mol. The fourth-order valence-corrected chi connectivity index (χ4v) is 2.80. The molecule has 0 bridgehead atoms. The van der Waals surface area contributed by atoms with Gasteiger partial charge in [0.15, 0.2) is 0 Å². The van der Waals surface area contributed by atoms with Crippen molar-refractivity contribution in [2.24, 2.45) is 0 Å². The van der Waals surface area contributed by atoms with Crippen molar-refractivity contribution in [2.75, 3.05) is 13.7 Å². The van der Waals surface area contributed by atoms with Crippen molar-refractivity contribution in [3.63, 3.8) is 0 Å². The molecule has 140 valence electrons. The number of carbonyl (C=O) groups is 1. The van der Waals surface area contributed by atoms with E-state index in [0.717, 1.165) is 16.7 Å². The molecule has 0 saturated heterocycles. The van der Waals surface area contributed by atoms with Crippen molar-refractivity contribution < 1.29 is 14.3 Å². The molecule has 6 nitrogen and oxygen atoms in total. The highest BCUT2D eigenvalue weighted by Crippen LogP contribution is 2.18. The van der Waals surface area contributed by atoms with Crippen LogP contribution in [0.4, 0.5) is 0 Å². The Kier molecular flexibility index (Phi) is 5.76. The van der Waals surface area contributed by atoms with Gasteiger partial charge in [0.1, 0.15) is 11.5 Å². The van der Waals surface area contributed by atoms with Crippen LogP contribution in [0, 0.1) is 0 Å². The Morgan fingerprint density at radius 1 is 1.07 bits per heavy atom. The number of rotatable bonds is 7. The minimum atomic E-state index is -0.225. The number of hydrogen-bond acceptors (Lipinski definition) is 4. The van der Waals surface area contributed by atoms with Crippen LogP contribution in [0.2, 0.25) is 0 Å². The second kappa shape index (κ2) is 8.40. The quantitative estimate of drug-likeness (QED) is 0.674. The number of aromatic nitrogens is 1. The van der Waals surface area contributed by atoms with E-state index >= 15 is 0 Å². The summed E-state index contributed by atoms with van der Waals surface area (Å²) in [6, 6.07) is 14.7. The van der Waals surface area contributed by atoms with Crippen molar-refractivity contribution in [1.29, 1.82) is 0 Å². The Morgan fingerprint density at radius 3 is 2.52 bits per heavy atom. The maximum Gasteiger partial charge on any atom is 0.253 e. The topological polar surface area (TPSA) is 80.4 Å². The Balaban J connectivity index is 1.64. The smallest absolute Gasteiger partial charge is 0.253 e. The fourth-order valence-electron chi connectivity index (χ4n) is 2.80. The van der Waals surface area contributed by atoms with Crippen LogP contribution >= 0.6 is 0 Å². The maximum absolute atomic E-state index is 12.2. The van der Waals surface area contributed by atoms with Gasteiger partial charge in [0, 0.05) is 18.2 Å². The van der Waals surface area contributed by atoms with Crippen molar-refractivity contribution in [3.8, 4) is 11.5 Å². The molecule has 0 radical (unpaired) electrons. The summed E-state index contributed by atoms with van der Waals surface area (Å²) in [6.07, 6.45) is 0.245. The fraction of sp³-hybridized carbons (Fsp3) is 0.238. The van der Waals surface area contributed by atoms with Crippen LogP contribution in [0.5, 0.6) is 11.5 Å². The first kappa shape index (κ1) is 18.5. The molecule has 2 aromatic carbocycles. The Morgan fingerprint density at radius 2 is 1.81 bits per heavy atom. The summed E-state index contributed by atoms with van der Waals surface area (Å²) in [5.41, 5.74) is 1.86. The molecule has 1 heterocycles. The summed E-state index contributed by atoms with van der Waals surface area (Å²) in [5.74, 6) is 1.31. The highest BCUT2D eigenvalue weighted by atomic mass is 16.5. The van der Waals surface area contributed by atoms with E-state index in [9.17, 15) is 9.59 Å². The molecule has 3 aromatic rings. The van der Waals surface area contributed by atoms with Gasteiger partial charge in [0.2, 0.25) is 5.91 Å². The largest absolute Gasteiger partial charge is 0.497 e. The third-order valence-corrected chi connectivity index (χ3v) is 4.21. The van der Waals surface area contributed by atoms with Gasteiger partial charge in [-0.2, -0.15) is 0 Å². The first-order valence-electron chi connectivity index (χ1n) is 8.77. The number of benzene rings is 2. The van der Waals surface area contributed by atoms with Gasteiger partial charge in [0.05, 0.1) is 25.7 Å². The highest BCUT2D eigenvalue weighted by molar-refractivity contribution is 5.81. The first-order valence-corrected chi connectivity index (χ1v) is 8.77. The maximum atomic E-state index is 12.2. The van der Waals surface area contributed by atoms with E-state index in [1.807, 2.05) is 43.3 Å². The van der Waals surface area contributed by atoms with E-state index in [4.69, 9.17) is 9.47 Å². The van der Waals surface area contributed by atoms with Crippen molar-refractivity contribution >= 4 is 16.8 Å². The lowest BCUT2D eigenvalue weighted by atomic mass is 10.1. The standard InChI is InChI=1S/C21H22N2O4/c1-3-27-17-7-4-14(5-8-17)10-20(24)22-13-16-11-15-6-9-18(26-2)12-19(15)23-21(16)25/h4-9,11-12H,3,10,13H2,1-2H3,(H,22,24)(H,23,25). The van der Waals surface area contributed by atoms with Gasteiger partial charge < -0.3 is 19.8 Å². The molecule has 0 aliphatic heterocycles. The molecule has 0 spiro atoms. The Bertz CT molecular complexity index is 993. The van der Waals surface area contributed by atoms with Crippen LogP contribution in [-0.4, -0.2) is 24.6 Å². The molecule has 0 unspecified atom stereocenters. The molecular formula is C21H22N2O4. The summed E-state index contributed by atoms with van der Waals surface area (Å²) in [6.45, 7) is 2.70. The summed E-state index contributed by atoms with van der Waals surface area (Å²) < 4.78 is 10.5. The predicted molar refractivity (Wildman–Crippen MR) is 104 cm³/mol. The number of pyridine rings is 1. The molecule has 0 aliphatic rings. The van der Waals surface area contributed by atoms with Gasteiger partial charge >= 0.3 is 0 Å². The van der Waals surface area contributed by atoms with Gasteiger partial charge in [-0.3, -0.25) is 9.59 Å². The Hall–Kier alpha value is -3.28. The third-order valence-electron chi connectivity index (χ3n) is 4.21. The molecule has 1 amide bonds. The second-order valence-corrected chi connectivity index (χ2v) is 6.11. The van der Waals surface area contributed by atoms with Crippen LogP contribution in [0.15, 0.2) is 53.3 Å². The predicted octanol–water partition coefficient (Wildman–Crippen LogP) is 2.79. The molecule has 6 heteroatoms. The first-order chi connectivity index (χ1) is 13.1. The average molecular weight is 366 g/mol. The number of hydrogen-bond donors (Lipinski definition) is 2. The van der Waals surface area contributed by atoms with Gasteiger partial charge in [-0.1, -0.05) is 12.1 Å². The lowest BCUT2D eigenvalue weighted by molar-refractivity contribution is -0.120. The molecule has 0 atom stereocenters. The summed E-state index contributed by atoms with van der Waals surface area (Å²) in [4.78, 5) is 27.2. The molecule has 1 aromatic heterocycles. The van der Waals surface area contributed by atoms with Crippen LogP contribution < -0.4 is 20.3 Å². The van der Waals surface area contributed by atoms with E-state index in [1.54, 1.807) is 19.2 Å². The zero-order chi connectivity index (χ0) is 19.2. The van der Waals surface area contributed by atoms with Crippen molar-refractivity contribution in [2.45, 2.75) is 19.9 Å². The number of nitrogens with one attached hydrogen (secondary N) is 2. The number of amides is 1. The third kappa shape index (κ3) is 4.67. The van der Waals surface area contributed by atoms with Gasteiger partial charge in [-0.05, 0) is 48.2 Å². The van der Waals surface area contributed by atoms with Crippen LogP contribution in [0.3, 0.4) is 0 Å². The number of aromatic amines is 1. The molecule has 0 saturated carbocycles. The molecule has 3 rings (SSSR count). The van der Waals surface area contributed by atoms with Gasteiger partial charge in [-0.15, -0.1) is 0 Å². The second-order valence-electron chi connectivity index (χ2n) is 6.11. The molecule has 0 fully saturated rings. The minimum absolute atomic E-state index is 0.145. The molecule has 0 aliphatic carbocycles. The molecule has 2 N–H and O–H groups in total. The summed E-state index contributed by atoms with van der Waals surface area (Å²) in [7, 11) is 1.58. The highest BCUT2D eigenvalue weighted by Gasteiger charge is 2.08. The van der Waals surface area contributed by atoms with E-state index in [1.165, 1.54) is 0 Å². The molecule has 27 heavy (non-hydrogen) atoms. The summed E-state index contributed by atoms with van der Waals surface area (Å²) >= 11 is 0. The lowest BCUT2D eigenvalue weighted by Gasteiger charge is -2.08. The number of methoxy groups -OCH3 is 1. The van der Waals surface area contributed by atoms with Gasteiger partial charge in [-0.25, -0.2) is 0 Å². The SMILES string of the molecule is CCOc1ccc(CC(=O)NCc2cc3ccc(OC)cc3[nH]c2=O)cc1. The van der Waals surface area contributed by atoms with E-state index in [0.29, 0.717) is 23.4 Å². The zero-order valence-electron chi connectivity index (χ0n) is 15.4. The number of ether oxygens (including phenoxy) is 2. The van der Waals surface area contributed by atoms with E-state index < -0.39 is 0 Å². The number of carbonyl (C=O) groups excluding carboxylic acids is 1. The average Bonchev–Trinajstić information content (AvgIpc) is 2.67. The Labute approximate surface area is 157 Å². The number of fused-ring (bicyclic) bond motifs is 1. The zero-order valence-corrected chi connectivity index (χ0v) is 15.4. The van der Waals surface area contributed by atoms with E-state index in [-0.39, 0.29) is 24.4 Å². The minimum Gasteiger partial charge on any atom is -0.497 e. The van der Waals surface area contributed by atoms with E-state index in [2.05, 4.69) is 10.3 Å². The van der Waals surface area contributed by atoms with Crippen LogP contribution in [-0.2, 0) is 17.8 Å². The van der Waals surface area contributed by atoms with Crippen molar-refractivity contribution in [1.82, 2.24) is 10.3 Å².